The van der Waals surface area contributed by atoms with Crippen LogP contribution in [0, 0.1) is 10.1 Å². The molecule has 5 nitrogen and oxygen atoms in total. The maximum absolute atomic E-state index is 10.8. The Morgan fingerprint density at radius 1 is 1.33 bits per heavy atom. The van der Waals surface area contributed by atoms with Gasteiger partial charge >= 0.3 is 0 Å². The van der Waals surface area contributed by atoms with Crippen molar-refractivity contribution in [3.05, 3.63) is 68.2 Å². The third-order valence-electron chi connectivity index (χ3n) is 2.98. The second kappa shape index (κ2) is 6.69. The van der Waals surface area contributed by atoms with Crippen LogP contribution in [0.1, 0.15) is 24.1 Å². The highest BCUT2D eigenvalue weighted by atomic mass is 79.9. The summed E-state index contributed by atoms with van der Waals surface area (Å²) < 4.78 is 6.68. The number of hydrogen-bond donors (Lipinski definition) is 1. The van der Waals surface area contributed by atoms with Crippen molar-refractivity contribution in [2.75, 3.05) is 0 Å². The second-order valence-corrected chi connectivity index (χ2v) is 5.60. The van der Waals surface area contributed by atoms with Crippen LogP contribution in [-0.2, 0) is 6.61 Å². The zero-order chi connectivity index (χ0) is 15.4. The number of rotatable bonds is 5. The van der Waals surface area contributed by atoms with Gasteiger partial charge in [0.2, 0.25) is 0 Å². The topological polar surface area (TPSA) is 78.4 Å². The van der Waals surface area contributed by atoms with E-state index in [1.165, 1.54) is 12.1 Å². The number of ether oxygens (including phenoxy) is 1. The fraction of sp³-hybridized carbons (Fsp3) is 0.200. The van der Waals surface area contributed by atoms with E-state index in [1.54, 1.807) is 12.1 Å². The Balaban J connectivity index is 2.16. The molecule has 0 aliphatic carbocycles. The van der Waals surface area contributed by atoms with Gasteiger partial charge in [0.1, 0.15) is 12.4 Å². The Morgan fingerprint density at radius 2 is 2.10 bits per heavy atom. The van der Waals surface area contributed by atoms with E-state index in [2.05, 4.69) is 15.9 Å². The maximum atomic E-state index is 10.8. The number of non-ortho nitro benzene ring substituents is 1. The van der Waals surface area contributed by atoms with Gasteiger partial charge in [-0.05, 0) is 30.7 Å². The van der Waals surface area contributed by atoms with Crippen LogP contribution >= 0.6 is 15.9 Å². The van der Waals surface area contributed by atoms with Crippen LogP contribution in [0.3, 0.4) is 0 Å². The summed E-state index contributed by atoms with van der Waals surface area (Å²) >= 11 is 3.40. The van der Waals surface area contributed by atoms with Gasteiger partial charge in [0, 0.05) is 28.2 Å². The number of nitro groups is 1. The van der Waals surface area contributed by atoms with Crippen LogP contribution in [0.5, 0.6) is 5.75 Å². The molecule has 0 aliphatic rings. The summed E-state index contributed by atoms with van der Waals surface area (Å²) in [6.45, 7) is 2.13. The van der Waals surface area contributed by atoms with Crippen molar-refractivity contribution in [2.45, 2.75) is 19.6 Å². The Kier molecular flexibility index (Phi) is 4.93. The average Bonchev–Trinajstić information content (AvgIpc) is 2.46. The minimum atomic E-state index is -0.420. The highest BCUT2D eigenvalue weighted by Gasteiger charge is 2.10. The Hall–Kier alpha value is -1.92. The molecule has 0 spiro atoms. The minimum absolute atomic E-state index is 0.0549. The summed E-state index contributed by atoms with van der Waals surface area (Å²) in [6, 6.07) is 11.8. The highest BCUT2D eigenvalue weighted by Crippen LogP contribution is 2.28. The first-order valence-electron chi connectivity index (χ1n) is 6.38. The first-order chi connectivity index (χ1) is 9.97. The van der Waals surface area contributed by atoms with Gasteiger partial charge in [-0.25, -0.2) is 0 Å². The normalized spacial score (nSPS) is 12.0. The number of nitrogens with two attached hydrogens (primary N) is 1. The Morgan fingerprint density at radius 3 is 2.76 bits per heavy atom. The van der Waals surface area contributed by atoms with Gasteiger partial charge in [-0.3, -0.25) is 10.1 Å². The SMILES string of the molecule is CC(N)c1cc(Br)ccc1OCc1cccc([N+](=O)[O-])c1. The summed E-state index contributed by atoms with van der Waals surface area (Å²) in [4.78, 5) is 10.3. The third-order valence-corrected chi connectivity index (χ3v) is 3.47. The summed E-state index contributed by atoms with van der Waals surface area (Å²) in [5.41, 5.74) is 7.60. The highest BCUT2D eigenvalue weighted by molar-refractivity contribution is 9.10. The summed E-state index contributed by atoms with van der Waals surface area (Å²) in [5.74, 6) is 0.680. The largest absolute Gasteiger partial charge is 0.489 e. The molecule has 0 aromatic heterocycles. The van der Waals surface area contributed by atoms with Crippen molar-refractivity contribution in [3.63, 3.8) is 0 Å². The molecule has 0 aliphatic heterocycles. The molecule has 0 fully saturated rings. The molecule has 0 bridgehead atoms. The molecule has 110 valence electrons. The molecule has 1 unspecified atom stereocenters. The third kappa shape index (κ3) is 4.03. The predicted molar refractivity (Wildman–Crippen MR) is 84.2 cm³/mol. The first-order valence-corrected chi connectivity index (χ1v) is 7.18. The first kappa shape index (κ1) is 15.5. The van der Waals surface area contributed by atoms with Gasteiger partial charge in [0.05, 0.1) is 4.92 Å². The fourth-order valence-corrected chi connectivity index (χ4v) is 2.31. The van der Waals surface area contributed by atoms with Crippen LogP contribution < -0.4 is 10.5 Å². The van der Waals surface area contributed by atoms with Gasteiger partial charge in [-0.1, -0.05) is 28.1 Å². The summed E-state index contributed by atoms with van der Waals surface area (Å²) in [6.07, 6.45) is 0. The number of nitro benzene ring substituents is 1. The van der Waals surface area contributed by atoms with Gasteiger partial charge in [-0.15, -0.1) is 0 Å². The van der Waals surface area contributed by atoms with Gasteiger partial charge in [0.25, 0.3) is 5.69 Å². The van der Waals surface area contributed by atoms with Crippen molar-refractivity contribution in [3.8, 4) is 5.75 Å². The molecular weight excluding hydrogens is 336 g/mol. The lowest BCUT2D eigenvalue weighted by Gasteiger charge is -2.14. The molecule has 2 aromatic rings. The van der Waals surface area contributed by atoms with E-state index >= 15 is 0 Å². The Bertz CT molecular complexity index is 659. The summed E-state index contributed by atoms with van der Waals surface area (Å²) in [5, 5.41) is 10.8. The van der Waals surface area contributed by atoms with Crippen molar-refractivity contribution in [1.29, 1.82) is 0 Å². The van der Waals surface area contributed by atoms with E-state index in [0.29, 0.717) is 5.75 Å². The molecule has 2 rings (SSSR count). The number of hydrogen-bond acceptors (Lipinski definition) is 4. The van der Waals surface area contributed by atoms with Crippen molar-refractivity contribution < 1.29 is 9.66 Å². The van der Waals surface area contributed by atoms with Crippen LogP contribution in [0.25, 0.3) is 0 Å². The number of halogens is 1. The van der Waals surface area contributed by atoms with E-state index in [4.69, 9.17) is 10.5 Å². The van der Waals surface area contributed by atoms with Crippen LogP contribution in [0.2, 0.25) is 0 Å². The van der Waals surface area contributed by atoms with E-state index < -0.39 is 4.92 Å². The van der Waals surface area contributed by atoms with Crippen molar-refractivity contribution in [2.24, 2.45) is 5.73 Å². The van der Waals surface area contributed by atoms with Gasteiger partial charge in [-0.2, -0.15) is 0 Å². The molecular formula is C15H15BrN2O3. The van der Waals surface area contributed by atoms with Crippen LogP contribution in [0.15, 0.2) is 46.9 Å². The Labute approximate surface area is 131 Å². The molecule has 2 N–H and O–H groups in total. The molecule has 0 amide bonds. The molecule has 1 atom stereocenters. The van der Waals surface area contributed by atoms with E-state index in [-0.39, 0.29) is 18.3 Å². The lowest BCUT2D eigenvalue weighted by molar-refractivity contribution is -0.384. The van der Waals surface area contributed by atoms with Crippen LogP contribution in [0.4, 0.5) is 5.69 Å². The molecule has 0 saturated heterocycles. The van der Waals surface area contributed by atoms with Crippen molar-refractivity contribution in [1.82, 2.24) is 0 Å². The molecule has 2 aromatic carbocycles. The molecule has 0 heterocycles. The van der Waals surface area contributed by atoms with E-state index in [0.717, 1.165) is 15.6 Å². The molecule has 0 saturated carbocycles. The average molecular weight is 351 g/mol. The van der Waals surface area contributed by atoms with Gasteiger partial charge < -0.3 is 10.5 Å². The second-order valence-electron chi connectivity index (χ2n) is 4.69. The molecule has 0 radical (unpaired) electrons. The summed E-state index contributed by atoms with van der Waals surface area (Å²) in [7, 11) is 0. The van der Waals surface area contributed by atoms with Gasteiger partial charge in [0.15, 0.2) is 0 Å². The minimum Gasteiger partial charge on any atom is -0.489 e. The van der Waals surface area contributed by atoms with Crippen LogP contribution in [-0.4, -0.2) is 4.92 Å². The lowest BCUT2D eigenvalue weighted by atomic mass is 10.1. The van der Waals surface area contributed by atoms with E-state index in [1.807, 2.05) is 25.1 Å². The standard InChI is InChI=1S/C15H15BrN2O3/c1-10(17)14-8-12(16)5-6-15(14)21-9-11-3-2-4-13(7-11)18(19)20/h2-8,10H,9,17H2,1H3. The quantitative estimate of drug-likeness (QED) is 0.653. The number of nitrogens with zero attached hydrogens (tertiary/aromatic N) is 1. The molecule has 21 heavy (non-hydrogen) atoms. The monoisotopic (exact) mass is 350 g/mol. The number of benzene rings is 2. The van der Waals surface area contributed by atoms with E-state index in [9.17, 15) is 10.1 Å². The fourth-order valence-electron chi connectivity index (χ4n) is 1.93. The van der Waals surface area contributed by atoms with Crippen molar-refractivity contribution >= 4 is 21.6 Å². The zero-order valence-corrected chi connectivity index (χ0v) is 13.0. The zero-order valence-electron chi connectivity index (χ0n) is 11.5. The molecule has 6 heteroatoms. The lowest BCUT2D eigenvalue weighted by Crippen LogP contribution is -2.08. The smallest absolute Gasteiger partial charge is 0.269 e. The predicted octanol–water partition coefficient (Wildman–Crippen LogP) is 3.96. The maximum Gasteiger partial charge on any atom is 0.269 e.